The van der Waals surface area contributed by atoms with Crippen molar-refractivity contribution in [1.82, 2.24) is 4.98 Å². The van der Waals surface area contributed by atoms with Gasteiger partial charge in [-0.15, -0.1) is 0 Å². The molecule has 2 rings (SSSR count). The number of hydrogen-bond acceptors (Lipinski definition) is 2. The van der Waals surface area contributed by atoms with E-state index in [-0.39, 0.29) is 0 Å². The van der Waals surface area contributed by atoms with Crippen molar-refractivity contribution in [2.45, 2.75) is 26.2 Å². The Hall–Kier alpha value is -2.16. The summed E-state index contributed by atoms with van der Waals surface area (Å²) in [4.78, 5) is 15.6. The van der Waals surface area contributed by atoms with Crippen LogP contribution in [0.4, 0.5) is 0 Å². The molecule has 0 aliphatic heterocycles. The molecule has 0 bridgehead atoms. The third kappa shape index (κ3) is 3.44. The number of aromatic nitrogens is 1. The summed E-state index contributed by atoms with van der Waals surface area (Å²) in [5.74, 6) is -0.869. The fourth-order valence-electron chi connectivity index (χ4n) is 2.32. The van der Waals surface area contributed by atoms with E-state index in [1.807, 2.05) is 50.2 Å². The highest BCUT2D eigenvalue weighted by Gasteiger charge is 2.21. The third-order valence-corrected chi connectivity index (χ3v) is 3.29. The molecule has 0 aliphatic rings. The number of carboxylic acid groups (broad SMARTS) is 1. The van der Waals surface area contributed by atoms with Crippen molar-refractivity contribution in [1.29, 1.82) is 0 Å². The van der Waals surface area contributed by atoms with Crippen LogP contribution in [0, 0.1) is 5.92 Å². The summed E-state index contributed by atoms with van der Waals surface area (Å²) >= 11 is 0. The van der Waals surface area contributed by atoms with Gasteiger partial charge in [0, 0.05) is 12.4 Å². The molecule has 104 valence electrons. The second-order valence-corrected chi connectivity index (χ2v) is 5.39. The summed E-state index contributed by atoms with van der Waals surface area (Å²) in [7, 11) is 0. The van der Waals surface area contributed by atoms with Crippen LogP contribution < -0.4 is 0 Å². The van der Waals surface area contributed by atoms with Gasteiger partial charge < -0.3 is 5.11 Å². The summed E-state index contributed by atoms with van der Waals surface area (Å²) in [6.07, 6.45) is 4.16. The van der Waals surface area contributed by atoms with Crippen LogP contribution in [0.3, 0.4) is 0 Å². The Balaban J connectivity index is 2.35. The van der Waals surface area contributed by atoms with E-state index in [0.29, 0.717) is 12.3 Å². The van der Waals surface area contributed by atoms with Crippen LogP contribution in [-0.4, -0.2) is 16.1 Å². The Bertz CT molecular complexity index is 579. The molecule has 0 aliphatic carbocycles. The highest BCUT2D eigenvalue weighted by Crippen LogP contribution is 2.28. The maximum absolute atomic E-state index is 11.5. The van der Waals surface area contributed by atoms with Crippen LogP contribution in [-0.2, 0) is 4.79 Å². The minimum atomic E-state index is -0.762. The molecule has 1 N–H and O–H groups in total. The average molecular weight is 269 g/mol. The molecule has 0 amide bonds. The summed E-state index contributed by atoms with van der Waals surface area (Å²) in [6.45, 7) is 4.09. The molecule has 0 unspecified atom stereocenters. The predicted octanol–water partition coefficient (Wildman–Crippen LogP) is 3.96. The maximum atomic E-state index is 11.5. The molecule has 0 saturated carbocycles. The van der Waals surface area contributed by atoms with E-state index >= 15 is 0 Å². The number of hydrogen-bond donors (Lipinski definition) is 1. The van der Waals surface area contributed by atoms with Gasteiger partial charge in [0.2, 0.25) is 0 Å². The molecule has 1 aromatic heterocycles. The van der Waals surface area contributed by atoms with E-state index < -0.39 is 11.9 Å². The van der Waals surface area contributed by atoms with Crippen LogP contribution in [0.5, 0.6) is 0 Å². The summed E-state index contributed by atoms with van der Waals surface area (Å²) in [5, 5.41) is 9.42. The Morgan fingerprint density at radius 3 is 2.55 bits per heavy atom. The lowest BCUT2D eigenvalue weighted by atomic mass is 9.89. The van der Waals surface area contributed by atoms with Crippen molar-refractivity contribution in [3.8, 4) is 11.1 Å². The average Bonchev–Trinajstić information content (AvgIpc) is 2.45. The van der Waals surface area contributed by atoms with Gasteiger partial charge in [-0.25, -0.2) is 0 Å². The highest BCUT2D eigenvalue weighted by molar-refractivity contribution is 5.77. The Morgan fingerprint density at radius 1 is 1.20 bits per heavy atom. The standard InChI is InChI=1S/C17H19NO2/c1-12(2)9-16(17(19)20)14-6-3-5-13(10-14)15-7-4-8-18-11-15/h3-8,10-12,16H,9H2,1-2H3,(H,19,20)/t16-/m0/s1. The summed E-state index contributed by atoms with van der Waals surface area (Å²) in [6, 6.07) is 11.6. The van der Waals surface area contributed by atoms with Crippen molar-refractivity contribution < 1.29 is 9.90 Å². The van der Waals surface area contributed by atoms with Crippen molar-refractivity contribution in [3.63, 3.8) is 0 Å². The lowest BCUT2D eigenvalue weighted by Crippen LogP contribution is -2.14. The predicted molar refractivity (Wildman–Crippen MR) is 79.5 cm³/mol. The monoisotopic (exact) mass is 269 g/mol. The van der Waals surface area contributed by atoms with Gasteiger partial charge in [-0.1, -0.05) is 44.2 Å². The molecule has 0 spiro atoms. The molecule has 2 aromatic rings. The fourth-order valence-corrected chi connectivity index (χ4v) is 2.32. The van der Waals surface area contributed by atoms with Gasteiger partial charge in [0.05, 0.1) is 5.92 Å². The van der Waals surface area contributed by atoms with E-state index in [1.165, 1.54) is 0 Å². The lowest BCUT2D eigenvalue weighted by molar-refractivity contribution is -0.139. The van der Waals surface area contributed by atoms with Crippen molar-refractivity contribution in [2.24, 2.45) is 5.92 Å². The minimum Gasteiger partial charge on any atom is -0.481 e. The SMILES string of the molecule is CC(C)C[C@H](C(=O)O)c1cccc(-c2cccnc2)c1. The number of carbonyl (C=O) groups is 1. The van der Waals surface area contributed by atoms with E-state index in [4.69, 9.17) is 0 Å². The van der Waals surface area contributed by atoms with Gasteiger partial charge in [-0.05, 0) is 35.1 Å². The normalized spacial score (nSPS) is 12.3. The van der Waals surface area contributed by atoms with E-state index in [0.717, 1.165) is 16.7 Å². The molecular formula is C17H19NO2. The largest absolute Gasteiger partial charge is 0.481 e. The van der Waals surface area contributed by atoms with Gasteiger partial charge in [0.25, 0.3) is 0 Å². The molecule has 3 nitrogen and oxygen atoms in total. The van der Waals surface area contributed by atoms with Crippen LogP contribution in [0.2, 0.25) is 0 Å². The first-order valence-corrected chi connectivity index (χ1v) is 6.81. The van der Waals surface area contributed by atoms with Crippen molar-refractivity contribution in [3.05, 3.63) is 54.4 Å². The number of carboxylic acids is 1. The summed E-state index contributed by atoms with van der Waals surface area (Å²) < 4.78 is 0. The highest BCUT2D eigenvalue weighted by atomic mass is 16.4. The first kappa shape index (κ1) is 14.3. The van der Waals surface area contributed by atoms with Crippen molar-refractivity contribution >= 4 is 5.97 Å². The Kier molecular flexibility index (Phi) is 4.51. The van der Waals surface area contributed by atoms with E-state index in [2.05, 4.69) is 4.98 Å². The molecule has 0 saturated heterocycles. The van der Waals surface area contributed by atoms with Crippen LogP contribution in [0.25, 0.3) is 11.1 Å². The number of nitrogens with zero attached hydrogens (tertiary/aromatic N) is 1. The summed E-state index contributed by atoms with van der Waals surface area (Å²) in [5.41, 5.74) is 2.86. The molecule has 1 aromatic carbocycles. The maximum Gasteiger partial charge on any atom is 0.310 e. The zero-order chi connectivity index (χ0) is 14.5. The van der Waals surface area contributed by atoms with Gasteiger partial charge in [-0.3, -0.25) is 9.78 Å². The first-order valence-electron chi connectivity index (χ1n) is 6.81. The fraction of sp³-hybridized carbons (Fsp3) is 0.294. The van der Waals surface area contributed by atoms with Crippen LogP contribution in [0.1, 0.15) is 31.7 Å². The quantitative estimate of drug-likeness (QED) is 0.893. The van der Waals surface area contributed by atoms with E-state index in [1.54, 1.807) is 12.4 Å². The van der Waals surface area contributed by atoms with Gasteiger partial charge in [0.15, 0.2) is 0 Å². The number of aliphatic carboxylic acids is 1. The number of rotatable bonds is 5. The molecule has 3 heteroatoms. The molecule has 1 heterocycles. The molecule has 0 fully saturated rings. The minimum absolute atomic E-state index is 0.346. The van der Waals surface area contributed by atoms with E-state index in [9.17, 15) is 9.90 Å². The zero-order valence-electron chi connectivity index (χ0n) is 11.8. The molecule has 20 heavy (non-hydrogen) atoms. The van der Waals surface area contributed by atoms with Crippen LogP contribution in [0.15, 0.2) is 48.8 Å². The van der Waals surface area contributed by atoms with Gasteiger partial charge in [0.1, 0.15) is 0 Å². The van der Waals surface area contributed by atoms with Crippen molar-refractivity contribution in [2.75, 3.05) is 0 Å². The van der Waals surface area contributed by atoms with Crippen LogP contribution >= 0.6 is 0 Å². The second kappa shape index (κ2) is 6.33. The molecule has 1 atom stereocenters. The third-order valence-electron chi connectivity index (χ3n) is 3.29. The molecule has 0 radical (unpaired) electrons. The Morgan fingerprint density at radius 2 is 1.95 bits per heavy atom. The first-order chi connectivity index (χ1) is 9.58. The number of benzene rings is 1. The topological polar surface area (TPSA) is 50.2 Å². The smallest absolute Gasteiger partial charge is 0.310 e. The Labute approximate surface area is 119 Å². The zero-order valence-corrected chi connectivity index (χ0v) is 11.8. The lowest BCUT2D eigenvalue weighted by Gasteiger charge is -2.16. The molecular weight excluding hydrogens is 250 g/mol. The number of pyridine rings is 1. The second-order valence-electron chi connectivity index (χ2n) is 5.39. The van der Waals surface area contributed by atoms with Gasteiger partial charge >= 0.3 is 5.97 Å². The van der Waals surface area contributed by atoms with Gasteiger partial charge in [-0.2, -0.15) is 0 Å².